The molecule has 2 bridgehead atoms. The normalized spacial score (nSPS) is 36.4. The summed E-state index contributed by atoms with van der Waals surface area (Å²) in [5.74, 6) is -7.08. The molecular weight excluding hydrogens is 648 g/mol. The van der Waals surface area contributed by atoms with Crippen LogP contribution in [0.5, 0.6) is 0 Å². The van der Waals surface area contributed by atoms with E-state index in [0.29, 0.717) is 0 Å². The van der Waals surface area contributed by atoms with Gasteiger partial charge in [-0.05, 0) is 39.0 Å². The second kappa shape index (κ2) is 14.1. The molecule has 2 heterocycles. The van der Waals surface area contributed by atoms with Crippen molar-refractivity contribution in [1.82, 2.24) is 0 Å². The van der Waals surface area contributed by atoms with Crippen LogP contribution in [0.15, 0.2) is 65.8 Å². The van der Waals surface area contributed by atoms with Gasteiger partial charge < -0.3 is 33.5 Å². The number of carbonyl (C=O) groups excluding carboxylic acids is 5. The predicted molar refractivity (Wildman–Crippen MR) is 179 cm³/mol. The Kier molecular flexibility index (Phi) is 10.9. The van der Waals surface area contributed by atoms with Crippen molar-refractivity contribution in [3.63, 3.8) is 0 Å². The van der Waals surface area contributed by atoms with Crippen molar-refractivity contribution in [2.75, 3.05) is 0 Å². The molecule has 12 nitrogen and oxygen atoms in total. The average molecular weight is 697 g/mol. The summed E-state index contributed by atoms with van der Waals surface area (Å²) in [6, 6.07) is 8.31. The molecule has 1 N–H and O–H groups in total. The fourth-order valence-electron chi connectivity index (χ4n) is 7.21. The zero-order valence-electron chi connectivity index (χ0n) is 30.3. The SMILES string of the molecule is C/C=C(\C)C(=O)O[C@@H]1[C@H](OC(C)=O)[C@]2(O)O[C@@]1(C)/C=C1\[C@@H](OC(=O)c3ccccc3)[C@H](C)C[C@]1(OC(C)=O)[C@@H](OC(C)=O)[C@H](C)/C=C/C2(C)C. The van der Waals surface area contributed by atoms with Gasteiger partial charge in [0.15, 0.2) is 23.9 Å². The number of allylic oxidation sites excluding steroid dienone is 1. The molecule has 3 aliphatic rings. The van der Waals surface area contributed by atoms with Crippen molar-refractivity contribution in [2.45, 2.75) is 117 Å². The molecule has 0 unspecified atom stereocenters. The summed E-state index contributed by atoms with van der Waals surface area (Å²) in [5, 5.41) is 12.5. The third-order valence-corrected chi connectivity index (χ3v) is 9.80. The number of ether oxygens (including phenoxy) is 6. The number of fused-ring (bicyclic) bond motifs is 3. The quantitative estimate of drug-likeness (QED) is 0.177. The Morgan fingerprint density at radius 2 is 1.44 bits per heavy atom. The van der Waals surface area contributed by atoms with Crippen LogP contribution in [0.2, 0.25) is 0 Å². The first-order chi connectivity index (χ1) is 23.2. The lowest BCUT2D eigenvalue weighted by atomic mass is 9.75. The monoisotopic (exact) mass is 696 g/mol. The number of benzene rings is 1. The van der Waals surface area contributed by atoms with Crippen molar-refractivity contribution in [3.05, 3.63) is 71.3 Å². The molecule has 0 aromatic heterocycles. The van der Waals surface area contributed by atoms with Gasteiger partial charge >= 0.3 is 29.8 Å². The summed E-state index contributed by atoms with van der Waals surface area (Å²) in [4.78, 5) is 65.4. The zero-order chi connectivity index (χ0) is 37.4. The van der Waals surface area contributed by atoms with E-state index in [4.69, 9.17) is 28.4 Å². The summed E-state index contributed by atoms with van der Waals surface area (Å²) in [5.41, 5.74) is -4.25. The molecule has 1 aromatic rings. The summed E-state index contributed by atoms with van der Waals surface area (Å²) in [7, 11) is 0. The molecule has 0 radical (unpaired) electrons. The van der Waals surface area contributed by atoms with Gasteiger partial charge in [-0.25, -0.2) is 9.59 Å². The van der Waals surface area contributed by atoms with Gasteiger partial charge in [0, 0.05) is 55.6 Å². The number of aliphatic hydroxyl groups is 1. The van der Waals surface area contributed by atoms with Gasteiger partial charge in [-0.2, -0.15) is 0 Å². The summed E-state index contributed by atoms with van der Waals surface area (Å²) < 4.78 is 36.7. The molecule has 0 spiro atoms. The van der Waals surface area contributed by atoms with Gasteiger partial charge in [0.25, 0.3) is 0 Å². The molecule has 0 amide bonds. The third kappa shape index (κ3) is 7.14. The molecule has 1 saturated carbocycles. The van der Waals surface area contributed by atoms with Crippen LogP contribution in [-0.4, -0.2) is 76.4 Å². The highest BCUT2D eigenvalue weighted by Gasteiger charge is 2.70. The van der Waals surface area contributed by atoms with Crippen LogP contribution in [-0.2, 0) is 47.6 Å². The molecule has 1 saturated heterocycles. The maximum absolute atomic E-state index is 13.6. The Morgan fingerprint density at radius 1 is 0.840 bits per heavy atom. The van der Waals surface area contributed by atoms with E-state index < -0.39 is 88.5 Å². The standard InChI is InChI=1S/C38H48O12/c1-11-21(2)33(42)48-31-32(46-25(6)40)38(44)35(8,9)18-17-22(3)30(45-24(5)39)37(49-26(7)41)19-23(4)29(28(37)20-36(31,10)50-38)47-34(43)27-15-13-12-14-16-27/h11-18,20,22-23,29-32,44H,19H2,1-10H3/b18-17+,21-11+,28-20+/t22-,23-,29+,30+,31-,32+,36+,37-,38+/m1/s1. The Morgan fingerprint density at radius 3 is 2.00 bits per heavy atom. The van der Waals surface area contributed by atoms with Crippen molar-refractivity contribution in [2.24, 2.45) is 17.3 Å². The van der Waals surface area contributed by atoms with Crippen molar-refractivity contribution < 1.29 is 57.5 Å². The van der Waals surface area contributed by atoms with E-state index in [0.717, 1.165) is 6.92 Å². The number of hydrogen-bond acceptors (Lipinski definition) is 12. The molecule has 12 heteroatoms. The van der Waals surface area contributed by atoms with Gasteiger partial charge in [-0.3, -0.25) is 14.4 Å². The number of carbonyl (C=O) groups is 5. The molecule has 2 fully saturated rings. The Balaban J connectivity index is 2.11. The van der Waals surface area contributed by atoms with E-state index in [1.165, 1.54) is 26.8 Å². The molecule has 4 rings (SSSR count). The first-order valence-electron chi connectivity index (χ1n) is 16.7. The fourth-order valence-corrected chi connectivity index (χ4v) is 7.21. The molecule has 2 aliphatic heterocycles. The Labute approximate surface area is 292 Å². The van der Waals surface area contributed by atoms with Crippen LogP contribution in [0.25, 0.3) is 0 Å². The maximum Gasteiger partial charge on any atom is 0.338 e. The third-order valence-electron chi connectivity index (χ3n) is 9.80. The van der Waals surface area contributed by atoms with Crippen LogP contribution < -0.4 is 0 Å². The lowest BCUT2D eigenvalue weighted by Crippen LogP contribution is -2.56. The number of rotatable bonds is 7. The van der Waals surface area contributed by atoms with Gasteiger partial charge in [0.2, 0.25) is 5.79 Å². The fraction of sp³-hybridized carbons (Fsp3) is 0.553. The van der Waals surface area contributed by atoms with E-state index in [-0.39, 0.29) is 23.1 Å². The smallest absolute Gasteiger partial charge is 0.338 e. The minimum atomic E-state index is -2.32. The van der Waals surface area contributed by atoms with Gasteiger partial charge in [0.05, 0.1) is 5.56 Å². The second-order valence-electron chi connectivity index (χ2n) is 14.2. The second-order valence-corrected chi connectivity index (χ2v) is 14.2. The molecule has 1 aromatic carbocycles. The molecule has 272 valence electrons. The van der Waals surface area contributed by atoms with Crippen LogP contribution in [0.3, 0.4) is 0 Å². The van der Waals surface area contributed by atoms with E-state index in [9.17, 15) is 29.1 Å². The average Bonchev–Trinajstić information content (AvgIpc) is 3.39. The maximum atomic E-state index is 13.6. The van der Waals surface area contributed by atoms with E-state index >= 15 is 0 Å². The topological polar surface area (TPSA) is 161 Å². The van der Waals surface area contributed by atoms with E-state index in [1.54, 1.807) is 90.1 Å². The van der Waals surface area contributed by atoms with Crippen molar-refractivity contribution in [3.8, 4) is 0 Å². The Bertz CT molecular complexity index is 1610. The zero-order valence-corrected chi connectivity index (χ0v) is 30.3. The highest BCUT2D eigenvalue weighted by molar-refractivity contribution is 5.90. The first-order valence-corrected chi connectivity index (χ1v) is 16.7. The highest BCUT2D eigenvalue weighted by Crippen LogP contribution is 2.55. The van der Waals surface area contributed by atoms with Crippen LogP contribution in [0.1, 0.15) is 86.0 Å². The summed E-state index contributed by atoms with van der Waals surface area (Å²) in [6.07, 6.45) is 1.08. The van der Waals surface area contributed by atoms with Gasteiger partial charge in [-0.15, -0.1) is 0 Å². The summed E-state index contributed by atoms with van der Waals surface area (Å²) in [6.45, 7) is 15.2. The largest absolute Gasteiger partial charge is 0.457 e. The van der Waals surface area contributed by atoms with E-state index in [1.807, 2.05) is 0 Å². The minimum Gasteiger partial charge on any atom is -0.457 e. The van der Waals surface area contributed by atoms with E-state index in [2.05, 4.69) is 0 Å². The highest BCUT2D eigenvalue weighted by atomic mass is 16.7. The number of esters is 5. The minimum absolute atomic E-state index is 0.0422. The van der Waals surface area contributed by atoms with Crippen LogP contribution in [0.4, 0.5) is 0 Å². The lowest BCUT2D eigenvalue weighted by molar-refractivity contribution is -0.285. The molecular formula is C38H48O12. The molecule has 50 heavy (non-hydrogen) atoms. The number of hydrogen-bond donors (Lipinski definition) is 1. The van der Waals surface area contributed by atoms with Crippen LogP contribution >= 0.6 is 0 Å². The first kappa shape index (κ1) is 38.5. The van der Waals surface area contributed by atoms with Gasteiger partial charge in [0.1, 0.15) is 11.7 Å². The van der Waals surface area contributed by atoms with Crippen molar-refractivity contribution in [1.29, 1.82) is 0 Å². The predicted octanol–water partition coefficient (Wildman–Crippen LogP) is 4.93. The van der Waals surface area contributed by atoms with Crippen molar-refractivity contribution >= 4 is 29.8 Å². The summed E-state index contributed by atoms with van der Waals surface area (Å²) >= 11 is 0. The lowest BCUT2D eigenvalue weighted by Gasteiger charge is -2.41. The van der Waals surface area contributed by atoms with Crippen LogP contribution in [0, 0.1) is 17.3 Å². The Hall–Kier alpha value is -4.29. The molecule has 1 aliphatic carbocycles. The molecule has 9 atom stereocenters. The van der Waals surface area contributed by atoms with Gasteiger partial charge in [-0.1, -0.05) is 64.1 Å².